The van der Waals surface area contributed by atoms with Crippen LogP contribution in [0.15, 0.2) is 54.6 Å². The number of methoxy groups -OCH3 is 1. The van der Waals surface area contributed by atoms with E-state index in [1.54, 1.807) is 18.4 Å². The molecule has 0 fully saturated rings. The van der Waals surface area contributed by atoms with Crippen LogP contribution >= 0.6 is 34.5 Å². The lowest BCUT2D eigenvalue weighted by Crippen LogP contribution is -2.29. The second kappa shape index (κ2) is 8.79. The van der Waals surface area contributed by atoms with Crippen molar-refractivity contribution < 1.29 is 4.74 Å². The molecule has 0 atom stereocenters. The van der Waals surface area contributed by atoms with Gasteiger partial charge in [-0.3, -0.25) is 4.90 Å². The molecule has 0 bridgehead atoms. The predicted molar refractivity (Wildman–Crippen MR) is 130 cm³/mol. The molecule has 4 aromatic rings. The number of pyridine rings is 1. The molecule has 158 valence electrons. The van der Waals surface area contributed by atoms with E-state index in [4.69, 9.17) is 32.9 Å². The second-order valence-corrected chi connectivity index (χ2v) is 9.47. The highest BCUT2D eigenvalue weighted by Crippen LogP contribution is 2.44. The Balaban J connectivity index is 1.59. The topological polar surface area (TPSA) is 25.4 Å². The molecule has 5 rings (SSSR count). The van der Waals surface area contributed by atoms with Crippen LogP contribution in [0.3, 0.4) is 0 Å². The first-order valence-electron chi connectivity index (χ1n) is 10.3. The predicted octanol–water partition coefficient (Wildman–Crippen LogP) is 6.92. The van der Waals surface area contributed by atoms with Crippen molar-refractivity contribution in [1.29, 1.82) is 0 Å². The first-order valence-corrected chi connectivity index (χ1v) is 12.0. The van der Waals surface area contributed by atoms with Gasteiger partial charge in [0.2, 0.25) is 0 Å². The number of aromatic nitrogens is 1. The van der Waals surface area contributed by atoms with Crippen molar-refractivity contribution in [1.82, 2.24) is 9.88 Å². The highest BCUT2D eigenvalue weighted by Gasteiger charge is 2.26. The summed E-state index contributed by atoms with van der Waals surface area (Å²) in [7, 11) is 1.68. The molecule has 6 heteroatoms. The molecule has 3 heterocycles. The van der Waals surface area contributed by atoms with Crippen molar-refractivity contribution in [3.63, 3.8) is 0 Å². The zero-order valence-electron chi connectivity index (χ0n) is 17.2. The molecule has 0 radical (unpaired) electrons. The number of halogens is 2. The van der Waals surface area contributed by atoms with E-state index in [0.29, 0.717) is 10.9 Å². The number of fused-ring (bicyclic) bond motifs is 3. The Bertz CT molecular complexity index is 1220. The summed E-state index contributed by atoms with van der Waals surface area (Å²) in [6.07, 6.45) is 0.990. The third kappa shape index (κ3) is 3.94. The highest BCUT2D eigenvalue weighted by molar-refractivity contribution is 7.19. The van der Waals surface area contributed by atoms with Crippen LogP contribution < -0.4 is 4.74 Å². The lowest BCUT2D eigenvalue weighted by molar-refractivity contribution is 0.249. The van der Waals surface area contributed by atoms with Crippen LogP contribution in [-0.4, -0.2) is 23.5 Å². The molecule has 2 aromatic heterocycles. The van der Waals surface area contributed by atoms with Gasteiger partial charge in [0.05, 0.1) is 23.7 Å². The fraction of sp³-hybridized carbons (Fsp3) is 0.240. The SMILES string of the molecule is COc1ccc(-c2c(Cl)c(CCl)nc3sc4c(c23)CCN(Cc2ccccc2)C4)cc1. The summed E-state index contributed by atoms with van der Waals surface area (Å²) in [6.45, 7) is 2.91. The molecular formula is C25H22Cl2N2OS. The summed E-state index contributed by atoms with van der Waals surface area (Å²) in [4.78, 5) is 9.75. The molecule has 3 nitrogen and oxygen atoms in total. The Hall–Kier alpha value is -2.11. The number of rotatable bonds is 5. The zero-order chi connectivity index (χ0) is 21.4. The van der Waals surface area contributed by atoms with Crippen LogP contribution in [0, 0.1) is 0 Å². The number of hydrogen-bond donors (Lipinski definition) is 0. The van der Waals surface area contributed by atoms with Gasteiger partial charge in [-0.1, -0.05) is 54.1 Å². The fourth-order valence-electron chi connectivity index (χ4n) is 4.30. The number of alkyl halides is 1. The van der Waals surface area contributed by atoms with E-state index >= 15 is 0 Å². The van der Waals surface area contributed by atoms with Gasteiger partial charge in [-0.2, -0.15) is 0 Å². The van der Waals surface area contributed by atoms with E-state index in [0.717, 1.165) is 53.5 Å². The van der Waals surface area contributed by atoms with Crippen LogP contribution in [0.4, 0.5) is 0 Å². The molecule has 0 saturated carbocycles. The van der Waals surface area contributed by atoms with Crippen molar-refractivity contribution in [2.24, 2.45) is 0 Å². The Kier molecular flexibility index (Phi) is 5.89. The molecule has 0 unspecified atom stereocenters. The Morgan fingerprint density at radius 3 is 2.58 bits per heavy atom. The molecular weight excluding hydrogens is 447 g/mol. The maximum absolute atomic E-state index is 6.85. The summed E-state index contributed by atoms with van der Waals surface area (Å²) in [5, 5.41) is 1.84. The molecule has 2 aromatic carbocycles. The number of thiophene rings is 1. The average Bonchev–Trinajstić information content (AvgIpc) is 3.16. The maximum atomic E-state index is 6.85. The van der Waals surface area contributed by atoms with Gasteiger partial charge in [-0.05, 0) is 35.2 Å². The summed E-state index contributed by atoms with van der Waals surface area (Å²) in [5.41, 5.74) is 5.57. The molecule has 1 aliphatic rings. The standard InChI is InChI=1S/C25H22Cl2N2OS/c1-30-18-9-7-17(8-10-18)22-23-19-11-12-29(14-16-5-3-2-4-6-16)15-21(19)31-25(23)28-20(13-26)24(22)27/h2-10H,11-15H2,1H3. The van der Waals surface area contributed by atoms with Crippen LogP contribution in [0.25, 0.3) is 21.3 Å². The van der Waals surface area contributed by atoms with Gasteiger partial charge in [0, 0.05) is 35.5 Å². The normalized spacial score (nSPS) is 14.0. The van der Waals surface area contributed by atoms with E-state index < -0.39 is 0 Å². The van der Waals surface area contributed by atoms with Gasteiger partial charge >= 0.3 is 0 Å². The minimum absolute atomic E-state index is 0.292. The Morgan fingerprint density at radius 1 is 1.10 bits per heavy atom. The fourth-order valence-corrected chi connectivity index (χ4v) is 6.16. The van der Waals surface area contributed by atoms with Gasteiger partial charge in [-0.25, -0.2) is 4.98 Å². The lowest BCUT2D eigenvalue weighted by atomic mass is 9.96. The third-order valence-corrected chi connectivity index (χ3v) is 7.60. The van der Waals surface area contributed by atoms with Gasteiger partial charge in [0.1, 0.15) is 10.6 Å². The number of benzene rings is 2. The van der Waals surface area contributed by atoms with Crippen LogP contribution in [0.5, 0.6) is 5.75 Å². The molecule has 31 heavy (non-hydrogen) atoms. The summed E-state index contributed by atoms with van der Waals surface area (Å²) >= 11 is 14.8. The minimum atomic E-state index is 0.292. The first-order chi connectivity index (χ1) is 15.2. The Labute approximate surface area is 196 Å². The van der Waals surface area contributed by atoms with Crippen molar-refractivity contribution in [3.8, 4) is 16.9 Å². The maximum Gasteiger partial charge on any atom is 0.124 e. The summed E-state index contributed by atoms with van der Waals surface area (Å²) in [5.74, 6) is 1.12. The largest absolute Gasteiger partial charge is 0.497 e. The quantitative estimate of drug-likeness (QED) is 0.297. The van der Waals surface area contributed by atoms with Crippen LogP contribution in [0.2, 0.25) is 5.02 Å². The monoisotopic (exact) mass is 468 g/mol. The molecule has 0 spiro atoms. The lowest BCUT2D eigenvalue weighted by Gasteiger charge is -2.27. The van der Waals surface area contributed by atoms with Crippen molar-refractivity contribution in [2.75, 3.05) is 13.7 Å². The van der Waals surface area contributed by atoms with Gasteiger partial charge in [0.25, 0.3) is 0 Å². The van der Waals surface area contributed by atoms with Crippen LogP contribution in [0.1, 0.15) is 21.7 Å². The second-order valence-electron chi connectivity index (χ2n) is 7.74. The summed E-state index contributed by atoms with van der Waals surface area (Å²) in [6, 6.07) is 18.7. The van der Waals surface area contributed by atoms with E-state index in [1.807, 2.05) is 12.1 Å². The molecule has 0 N–H and O–H groups in total. The minimum Gasteiger partial charge on any atom is -0.497 e. The van der Waals surface area contributed by atoms with Gasteiger partial charge in [0.15, 0.2) is 0 Å². The van der Waals surface area contributed by atoms with E-state index in [1.165, 1.54) is 21.4 Å². The zero-order valence-corrected chi connectivity index (χ0v) is 19.5. The van der Waals surface area contributed by atoms with E-state index in [-0.39, 0.29) is 0 Å². The number of hydrogen-bond acceptors (Lipinski definition) is 4. The van der Waals surface area contributed by atoms with Crippen molar-refractivity contribution in [3.05, 3.63) is 81.3 Å². The highest BCUT2D eigenvalue weighted by atomic mass is 35.5. The van der Waals surface area contributed by atoms with Crippen LogP contribution in [-0.2, 0) is 25.4 Å². The smallest absolute Gasteiger partial charge is 0.124 e. The number of ether oxygens (including phenoxy) is 1. The summed E-state index contributed by atoms with van der Waals surface area (Å²) < 4.78 is 5.33. The average molecular weight is 469 g/mol. The van der Waals surface area contributed by atoms with Gasteiger partial charge in [-0.15, -0.1) is 22.9 Å². The molecule has 0 aliphatic carbocycles. The molecule has 1 aliphatic heterocycles. The molecule has 0 amide bonds. The van der Waals surface area contributed by atoms with Crippen molar-refractivity contribution >= 4 is 44.8 Å². The van der Waals surface area contributed by atoms with E-state index in [2.05, 4.69) is 47.4 Å². The molecule has 0 saturated heterocycles. The number of nitrogens with zero attached hydrogens (tertiary/aromatic N) is 2. The Morgan fingerprint density at radius 2 is 1.87 bits per heavy atom. The third-order valence-electron chi connectivity index (χ3n) is 5.83. The first kappa shape index (κ1) is 20.8. The van der Waals surface area contributed by atoms with Gasteiger partial charge < -0.3 is 4.74 Å². The van der Waals surface area contributed by atoms with E-state index in [9.17, 15) is 0 Å². The van der Waals surface area contributed by atoms with Crippen molar-refractivity contribution in [2.45, 2.75) is 25.4 Å².